The highest BCUT2D eigenvalue weighted by Crippen LogP contribution is 2.34. The molecule has 3 nitrogen and oxygen atoms in total. The minimum absolute atomic E-state index is 0.107. The van der Waals surface area contributed by atoms with Gasteiger partial charge in [-0.15, -0.1) is 0 Å². The molecule has 1 aliphatic rings. The Bertz CT molecular complexity index is 673. The van der Waals surface area contributed by atoms with E-state index in [-0.39, 0.29) is 5.78 Å². The second-order valence-corrected chi connectivity index (χ2v) is 11.4. The molecule has 0 aliphatic heterocycles. The van der Waals surface area contributed by atoms with Gasteiger partial charge in [-0.3, -0.25) is 4.79 Å². The molecule has 0 heterocycles. The summed E-state index contributed by atoms with van der Waals surface area (Å²) in [5.74, 6) is 1.47. The first-order chi connectivity index (χ1) is 11.6. The standard InChI is InChI=1S/C21H32O3S/c1-16(22)20-13-11-18(12-14-20)6-5-17-7-9-19(10-8-17)15-25(23,24)21(2,3)4/h11-14,17,19H,5-10,15H2,1-4H3. The Hall–Kier alpha value is -1.16. The zero-order valence-corrected chi connectivity index (χ0v) is 16.9. The number of Topliss-reactive ketones (excluding diaryl/α,β-unsaturated/α-hetero) is 1. The molecule has 0 aromatic heterocycles. The van der Waals surface area contributed by atoms with Crippen LogP contribution in [0.4, 0.5) is 0 Å². The molecule has 0 bridgehead atoms. The summed E-state index contributed by atoms with van der Waals surface area (Å²) in [6, 6.07) is 7.92. The van der Waals surface area contributed by atoms with Gasteiger partial charge in [0.2, 0.25) is 0 Å². The number of benzene rings is 1. The summed E-state index contributed by atoms with van der Waals surface area (Å²) in [6.45, 7) is 6.98. The third kappa shape index (κ3) is 5.67. The van der Waals surface area contributed by atoms with Gasteiger partial charge in [-0.2, -0.15) is 0 Å². The molecule has 1 aromatic carbocycles. The van der Waals surface area contributed by atoms with Crippen LogP contribution < -0.4 is 0 Å². The van der Waals surface area contributed by atoms with Crippen molar-refractivity contribution in [3.05, 3.63) is 35.4 Å². The molecular weight excluding hydrogens is 332 g/mol. The highest BCUT2D eigenvalue weighted by atomic mass is 32.2. The smallest absolute Gasteiger partial charge is 0.159 e. The number of hydrogen-bond donors (Lipinski definition) is 0. The van der Waals surface area contributed by atoms with Gasteiger partial charge in [0.25, 0.3) is 0 Å². The van der Waals surface area contributed by atoms with Crippen molar-refractivity contribution in [2.45, 2.75) is 71.0 Å². The lowest BCUT2D eigenvalue weighted by Crippen LogP contribution is -2.34. The number of aryl methyl sites for hydroxylation is 1. The summed E-state index contributed by atoms with van der Waals surface area (Å²) in [5.41, 5.74) is 2.05. The summed E-state index contributed by atoms with van der Waals surface area (Å²) in [4.78, 5) is 11.3. The Balaban J connectivity index is 1.78. The monoisotopic (exact) mass is 364 g/mol. The Labute approximate surface area is 153 Å². The molecule has 4 heteroatoms. The van der Waals surface area contributed by atoms with E-state index in [1.165, 1.54) is 5.56 Å². The average molecular weight is 365 g/mol. The number of carbonyl (C=O) groups excluding carboxylic acids is 1. The van der Waals surface area contributed by atoms with Gasteiger partial charge >= 0.3 is 0 Å². The van der Waals surface area contributed by atoms with Crippen molar-refractivity contribution in [1.29, 1.82) is 0 Å². The molecule has 0 N–H and O–H groups in total. The predicted octanol–water partition coefficient (Wildman–Crippen LogP) is 4.84. The molecule has 0 saturated heterocycles. The van der Waals surface area contributed by atoms with Crippen molar-refractivity contribution in [1.82, 2.24) is 0 Å². The van der Waals surface area contributed by atoms with E-state index in [1.54, 1.807) is 27.7 Å². The normalized spacial score (nSPS) is 21.9. The minimum atomic E-state index is -3.01. The average Bonchev–Trinajstić information content (AvgIpc) is 2.53. The Morgan fingerprint density at radius 2 is 1.52 bits per heavy atom. The number of hydrogen-bond acceptors (Lipinski definition) is 3. The molecule has 140 valence electrons. The van der Waals surface area contributed by atoms with E-state index in [1.807, 2.05) is 12.1 Å². The molecule has 1 saturated carbocycles. The topological polar surface area (TPSA) is 51.2 Å². The van der Waals surface area contributed by atoms with Crippen molar-refractivity contribution >= 4 is 15.6 Å². The van der Waals surface area contributed by atoms with Gasteiger partial charge in [-0.1, -0.05) is 37.1 Å². The van der Waals surface area contributed by atoms with Crippen LogP contribution in [0.5, 0.6) is 0 Å². The van der Waals surface area contributed by atoms with Crippen LogP contribution in [0.3, 0.4) is 0 Å². The fourth-order valence-corrected chi connectivity index (χ4v) is 4.98. The summed E-state index contributed by atoms with van der Waals surface area (Å²) in [6.07, 6.45) is 6.52. The van der Waals surface area contributed by atoms with Crippen molar-refractivity contribution in [2.24, 2.45) is 11.8 Å². The van der Waals surface area contributed by atoms with Crippen LogP contribution in [0.15, 0.2) is 24.3 Å². The van der Waals surface area contributed by atoms with Crippen LogP contribution in [0.25, 0.3) is 0 Å². The van der Waals surface area contributed by atoms with Crippen molar-refractivity contribution < 1.29 is 13.2 Å². The fourth-order valence-electron chi connectivity index (χ4n) is 3.52. The van der Waals surface area contributed by atoms with Crippen molar-refractivity contribution in [2.75, 3.05) is 5.75 Å². The first-order valence-corrected chi connectivity index (χ1v) is 11.1. The van der Waals surface area contributed by atoms with Crippen LogP contribution in [-0.4, -0.2) is 24.7 Å². The summed E-state index contributed by atoms with van der Waals surface area (Å²) in [5, 5.41) is 0. The SMILES string of the molecule is CC(=O)c1ccc(CCC2CCC(CS(=O)(=O)C(C)(C)C)CC2)cc1. The van der Waals surface area contributed by atoms with E-state index in [2.05, 4.69) is 12.1 Å². The Morgan fingerprint density at radius 3 is 2.00 bits per heavy atom. The second-order valence-electron chi connectivity index (χ2n) is 8.57. The molecule has 0 unspecified atom stereocenters. The molecule has 0 radical (unpaired) electrons. The van der Waals surface area contributed by atoms with Crippen LogP contribution >= 0.6 is 0 Å². The van der Waals surface area contributed by atoms with E-state index in [4.69, 9.17) is 0 Å². The molecule has 25 heavy (non-hydrogen) atoms. The number of carbonyl (C=O) groups is 1. The van der Waals surface area contributed by atoms with Crippen LogP contribution in [0.1, 0.15) is 75.7 Å². The van der Waals surface area contributed by atoms with Gasteiger partial charge in [0.05, 0.1) is 10.5 Å². The largest absolute Gasteiger partial charge is 0.295 e. The zero-order chi connectivity index (χ0) is 18.7. The minimum Gasteiger partial charge on any atom is -0.295 e. The van der Waals surface area contributed by atoms with Crippen LogP contribution in [0, 0.1) is 11.8 Å². The maximum Gasteiger partial charge on any atom is 0.159 e. The first kappa shape index (κ1) is 20.2. The summed E-state index contributed by atoms with van der Waals surface area (Å²) >= 11 is 0. The maximum atomic E-state index is 12.4. The first-order valence-electron chi connectivity index (χ1n) is 9.40. The van der Waals surface area contributed by atoms with E-state index < -0.39 is 14.6 Å². The van der Waals surface area contributed by atoms with Gasteiger partial charge in [0, 0.05) is 5.56 Å². The maximum absolute atomic E-state index is 12.4. The molecular formula is C21H32O3S. The zero-order valence-electron chi connectivity index (χ0n) is 16.0. The predicted molar refractivity (Wildman–Crippen MR) is 104 cm³/mol. The third-order valence-corrected chi connectivity index (χ3v) is 8.33. The van der Waals surface area contributed by atoms with Crippen LogP contribution in [0.2, 0.25) is 0 Å². The summed E-state index contributed by atoms with van der Waals surface area (Å²) < 4.78 is 24.1. The fraction of sp³-hybridized carbons (Fsp3) is 0.667. The van der Waals surface area contributed by atoms with Crippen molar-refractivity contribution in [3.8, 4) is 0 Å². The molecule has 1 aromatic rings. The van der Waals surface area contributed by atoms with E-state index in [9.17, 15) is 13.2 Å². The van der Waals surface area contributed by atoms with Gasteiger partial charge in [0.1, 0.15) is 0 Å². The van der Waals surface area contributed by atoms with Crippen molar-refractivity contribution in [3.63, 3.8) is 0 Å². The lowest BCUT2D eigenvalue weighted by Gasteiger charge is -2.30. The second kappa shape index (κ2) is 8.03. The summed E-state index contributed by atoms with van der Waals surface area (Å²) in [7, 11) is -3.01. The number of sulfone groups is 1. The van der Waals surface area contributed by atoms with E-state index in [0.29, 0.717) is 17.6 Å². The Kier molecular flexibility index (Phi) is 6.47. The van der Waals surface area contributed by atoms with E-state index in [0.717, 1.165) is 44.1 Å². The quantitative estimate of drug-likeness (QED) is 0.679. The van der Waals surface area contributed by atoms with Gasteiger partial charge < -0.3 is 0 Å². The molecule has 1 fully saturated rings. The van der Waals surface area contributed by atoms with Gasteiger partial charge in [0.15, 0.2) is 15.6 Å². The molecule has 0 atom stereocenters. The highest BCUT2D eigenvalue weighted by Gasteiger charge is 2.33. The number of rotatable bonds is 6. The van der Waals surface area contributed by atoms with Crippen LogP contribution in [-0.2, 0) is 16.3 Å². The lowest BCUT2D eigenvalue weighted by atomic mass is 9.80. The molecule has 0 amide bonds. The molecule has 0 spiro atoms. The third-order valence-electron chi connectivity index (χ3n) is 5.56. The lowest BCUT2D eigenvalue weighted by molar-refractivity contribution is 0.101. The molecule has 2 rings (SSSR count). The Morgan fingerprint density at radius 1 is 1.00 bits per heavy atom. The molecule has 1 aliphatic carbocycles. The van der Waals surface area contributed by atoms with E-state index >= 15 is 0 Å². The van der Waals surface area contributed by atoms with Gasteiger partial charge in [-0.05, 0) is 70.8 Å². The van der Waals surface area contributed by atoms with Gasteiger partial charge in [-0.25, -0.2) is 8.42 Å². The number of ketones is 1. The highest BCUT2D eigenvalue weighted by molar-refractivity contribution is 7.92.